The Balaban J connectivity index is 2.13. The third-order valence-electron chi connectivity index (χ3n) is 4.00. The van der Waals surface area contributed by atoms with E-state index in [9.17, 15) is 9.59 Å². The molecule has 4 nitrogen and oxygen atoms in total. The normalized spacial score (nSPS) is 11.7. The molecule has 0 spiro atoms. The number of carbonyl (C=O) groups excluding carboxylic acids is 2. The van der Waals surface area contributed by atoms with Crippen LogP contribution in [0.5, 0.6) is 0 Å². The van der Waals surface area contributed by atoms with Crippen molar-refractivity contribution in [3.05, 3.63) is 65.8 Å². The zero-order valence-corrected chi connectivity index (χ0v) is 18.0. The van der Waals surface area contributed by atoms with Gasteiger partial charge in [-0.2, -0.15) is 0 Å². The smallest absolute Gasteiger partial charge is 0.358 e. The van der Waals surface area contributed by atoms with Crippen LogP contribution in [-0.2, 0) is 20.7 Å². The number of aryl methyl sites for hydroxylation is 3. The number of hydrogen-bond acceptors (Lipinski definition) is 3. The van der Waals surface area contributed by atoms with Gasteiger partial charge in [0.05, 0.1) is 7.11 Å². The van der Waals surface area contributed by atoms with Gasteiger partial charge in [0.1, 0.15) is 6.04 Å². The van der Waals surface area contributed by atoms with Crippen molar-refractivity contribution in [1.82, 2.24) is 5.32 Å². The maximum absolute atomic E-state index is 11.8. The molecule has 5 heteroatoms. The van der Waals surface area contributed by atoms with E-state index in [-0.39, 0.29) is 27.1 Å². The lowest BCUT2D eigenvalue weighted by Gasteiger charge is -2.15. The van der Waals surface area contributed by atoms with Crippen molar-refractivity contribution in [2.45, 2.75) is 40.2 Å². The molecule has 2 rings (SSSR count). The molecule has 26 heavy (non-hydrogen) atoms. The first-order valence-electron chi connectivity index (χ1n) is 8.46. The molecule has 0 unspecified atom stereocenters. The summed E-state index contributed by atoms with van der Waals surface area (Å²) in [6, 6.07) is 12.2. The average molecular weight is 466 g/mol. The molecule has 1 N–H and O–H groups in total. The lowest BCUT2D eigenvalue weighted by atomic mass is 10.1. The molecule has 0 aromatic heterocycles. The average Bonchev–Trinajstić information content (AvgIpc) is 2.57. The van der Waals surface area contributed by atoms with Gasteiger partial charge in [-0.05, 0) is 38.5 Å². The van der Waals surface area contributed by atoms with Crippen molar-refractivity contribution in [3.8, 4) is 0 Å². The highest BCUT2D eigenvalue weighted by molar-refractivity contribution is 5.83. The zero-order valence-electron chi connectivity index (χ0n) is 15.9. The first kappa shape index (κ1) is 20.4. The fraction of sp³-hybridized carbons (Fsp3) is 0.333. The van der Waals surface area contributed by atoms with Crippen LogP contribution < -0.4 is 26.5 Å². The second-order valence-electron chi connectivity index (χ2n) is 6.41. The van der Waals surface area contributed by atoms with Gasteiger partial charge in [-0.25, -0.2) is 4.79 Å². The van der Waals surface area contributed by atoms with Crippen LogP contribution in [0.1, 0.15) is 29.2 Å². The summed E-state index contributed by atoms with van der Waals surface area (Å²) in [6.07, 6.45) is 0.424. The molecule has 0 fully saturated rings. The van der Waals surface area contributed by atoms with E-state index in [2.05, 4.69) is 50.4 Å². The van der Waals surface area contributed by atoms with E-state index in [1.807, 2.05) is 12.1 Å². The second-order valence-corrected chi connectivity index (χ2v) is 9.28. The molecule has 0 radical (unpaired) electrons. The first-order chi connectivity index (χ1) is 12.3. The Kier molecular flexibility index (Phi) is 7.20. The molecule has 0 heterocycles. The van der Waals surface area contributed by atoms with Gasteiger partial charge in [-0.15, -0.1) is 0 Å². The largest absolute Gasteiger partial charge is 0.467 e. The standard InChI is InChI=1S/C21H24INO3/c1-13-10-14(2)20(15(3)11-13)22-18-8-6-17(7-9-18)12-19(21(25)26-5)23-16(4)24/h6-11,19H,12H2,1-5H3/p+1/t19-/m0/s1. The molecule has 0 saturated carbocycles. The zero-order chi connectivity index (χ0) is 19.3. The number of hydrogen-bond donors (Lipinski definition) is 1. The first-order valence-corrected chi connectivity index (χ1v) is 10.6. The van der Waals surface area contributed by atoms with Gasteiger partial charge in [0.15, 0.2) is 7.14 Å². The van der Waals surface area contributed by atoms with Crippen molar-refractivity contribution in [1.29, 1.82) is 0 Å². The van der Waals surface area contributed by atoms with E-state index in [0.29, 0.717) is 6.42 Å². The van der Waals surface area contributed by atoms with Gasteiger partial charge in [0.2, 0.25) is 5.91 Å². The molecule has 0 aliphatic heterocycles. The Morgan fingerprint density at radius 1 is 1.08 bits per heavy atom. The van der Waals surface area contributed by atoms with Gasteiger partial charge >= 0.3 is 27.2 Å². The monoisotopic (exact) mass is 466 g/mol. The van der Waals surface area contributed by atoms with Crippen LogP contribution in [0, 0.1) is 27.9 Å². The SMILES string of the molecule is COC(=O)[C@H](Cc1ccc([I+]c2c(C)cc(C)cc2C)cc1)NC(C)=O. The van der Waals surface area contributed by atoms with Crippen LogP contribution in [0.25, 0.3) is 0 Å². The lowest BCUT2D eigenvalue weighted by Crippen LogP contribution is -3.62. The number of benzene rings is 2. The van der Waals surface area contributed by atoms with Crippen molar-refractivity contribution >= 4 is 11.9 Å². The molecule has 2 aromatic rings. The molecule has 1 atom stereocenters. The predicted octanol–water partition coefficient (Wildman–Crippen LogP) is -0.0395. The summed E-state index contributed by atoms with van der Waals surface area (Å²) in [5.74, 6) is -0.671. The van der Waals surface area contributed by atoms with Gasteiger partial charge in [-0.1, -0.05) is 29.8 Å². The fourth-order valence-corrected chi connectivity index (χ4v) is 5.42. The lowest BCUT2D eigenvalue weighted by molar-refractivity contribution is -0.598. The highest BCUT2D eigenvalue weighted by atomic mass is 127. The molecule has 0 saturated heterocycles. The predicted molar refractivity (Wildman–Crippen MR) is 97.8 cm³/mol. The maximum Gasteiger partial charge on any atom is 0.358 e. The molecular formula is C21H25INO3+. The van der Waals surface area contributed by atoms with Crippen molar-refractivity contribution in [2.75, 3.05) is 7.11 Å². The Labute approximate surface area is 165 Å². The number of rotatable bonds is 6. The van der Waals surface area contributed by atoms with E-state index in [0.717, 1.165) is 5.56 Å². The highest BCUT2D eigenvalue weighted by Gasteiger charge is 2.23. The number of ether oxygens (including phenoxy) is 1. The summed E-state index contributed by atoms with van der Waals surface area (Å²) < 4.78 is 7.57. The fourth-order valence-electron chi connectivity index (χ4n) is 2.92. The summed E-state index contributed by atoms with van der Waals surface area (Å²) >= 11 is -0.253. The van der Waals surface area contributed by atoms with E-state index in [1.165, 1.54) is 37.9 Å². The van der Waals surface area contributed by atoms with Gasteiger partial charge in [-0.3, -0.25) is 4.79 Å². The van der Waals surface area contributed by atoms with Crippen LogP contribution in [0.4, 0.5) is 0 Å². The third kappa shape index (κ3) is 5.56. The van der Waals surface area contributed by atoms with E-state index < -0.39 is 12.0 Å². The van der Waals surface area contributed by atoms with Gasteiger partial charge < -0.3 is 10.1 Å². The quantitative estimate of drug-likeness (QED) is 0.481. The molecule has 2 aromatic carbocycles. The van der Waals surface area contributed by atoms with Crippen LogP contribution in [0.3, 0.4) is 0 Å². The number of carbonyl (C=O) groups is 2. The third-order valence-corrected chi connectivity index (χ3v) is 7.58. The molecule has 0 aliphatic carbocycles. The maximum atomic E-state index is 11.8. The molecule has 138 valence electrons. The molecular weight excluding hydrogens is 441 g/mol. The number of methoxy groups -OCH3 is 1. The molecule has 0 bridgehead atoms. The number of halogens is 1. The van der Waals surface area contributed by atoms with Crippen LogP contribution >= 0.6 is 0 Å². The number of amides is 1. The summed E-state index contributed by atoms with van der Waals surface area (Å²) in [5.41, 5.74) is 5.01. The summed E-state index contributed by atoms with van der Waals surface area (Å²) in [4.78, 5) is 23.1. The Hall–Kier alpha value is -1.89. The van der Waals surface area contributed by atoms with Crippen LogP contribution in [-0.4, -0.2) is 25.0 Å². The minimum atomic E-state index is -0.653. The summed E-state index contributed by atoms with van der Waals surface area (Å²) in [7, 11) is 1.33. The number of esters is 1. The minimum Gasteiger partial charge on any atom is -0.467 e. The van der Waals surface area contributed by atoms with Crippen LogP contribution in [0.15, 0.2) is 36.4 Å². The molecule has 1 amide bonds. The van der Waals surface area contributed by atoms with Crippen LogP contribution in [0.2, 0.25) is 0 Å². The van der Waals surface area contributed by atoms with E-state index in [1.54, 1.807) is 0 Å². The van der Waals surface area contributed by atoms with Gasteiger partial charge in [0.25, 0.3) is 0 Å². The van der Waals surface area contributed by atoms with E-state index >= 15 is 0 Å². The minimum absolute atomic E-state index is 0.242. The van der Waals surface area contributed by atoms with Crippen molar-refractivity contribution in [2.24, 2.45) is 0 Å². The summed E-state index contributed by atoms with van der Waals surface area (Å²) in [5, 5.41) is 2.65. The number of nitrogens with one attached hydrogen (secondary N) is 1. The van der Waals surface area contributed by atoms with Gasteiger partial charge in [0, 0.05) is 24.5 Å². The Morgan fingerprint density at radius 3 is 2.15 bits per heavy atom. The van der Waals surface area contributed by atoms with Crippen molar-refractivity contribution < 1.29 is 35.5 Å². The topological polar surface area (TPSA) is 55.4 Å². The van der Waals surface area contributed by atoms with E-state index in [4.69, 9.17) is 4.74 Å². The molecule has 0 aliphatic rings. The van der Waals surface area contributed by atoms with Crippen molar-refractivity contribution in [3.63, 3.8) is 0 Å². The highest BCUT2D eigenvalue weighted by Crippen LogP contribution is 2.08. The Bertz CT molecular complexity index is 776. The summed E-state index contributed by atoms with van der Waals surface area (Å²) in [6.45, 7) is 7.88. The second kappa shape index (κ2) is 9.16. The Morgan fingerprint density at radius 2 is 1.65 bits per heavy atom.